The first-order valence-electron chi connectivity index (χ1n) is 12.6. The lowest BCUT2D eigenvalue weighted by molar-refractivity contribution is -0.132. The van der Waals surface area contributed by atoms with Gasteiger partial charge in [0.05, 0.1) is 6.04 Å². The first kappa shape index (κ1) is 23.4. The summed E-state index contributed by atoms with van der Waals surface area (Å²) < 4.78 is 0. The summed E-state index contributed by atoms with van der Waals surface area (Å²) in [7, 11) is 0. The zero-order chi connectivity index (χ0) is 24.2. The summed E-state index contributed by atoms with van der Waals surface area (Å²) >= 11 is 0. The van der Waals surface area contributed by atoms with E-state index in [0.29, 0.717) is 37.9 Å². The number of benzene rings is 2. The summed E-state index contributed by atoms with van der Waals surface area (Å²) in [6.45, 7) is 4.32. The molecule has 8 nitrogen and oxygen atoms in total. The van der Waals surface area contributed by atoms with Gasteiger partial charge in [-0.15, -0.1) is 0 Å². The van der Waals surface area contributed by atoms with Crippen molar-refractivity contribution >= 4 is 23.4 Å². The van der Waals surface area contributed by atoms with Crippen molar-refractivity contribution in [2.24, 2.45) is 0 Å². The lowest BCUT2D eigenvalue weighted by Gasteiger charge is -2.38. The second-order valence-corrected chi connectivity index (χ2v) is 9.63. The van der Waals surface area contributed by atoms with Gasteiger partial charge < -0.3 is 20.4 Å². The van der Waals surface area contributed by atoms with Crippen LogP contribution in [0.2, 0.25) is 0 Å². The molecule has 184 valence electrons. The van der Waals surface area contributed by atoms with E-state index in [1.54, 1.807) is 12.1 Å². The zero-order valence-electron chi connectivity index (χ0n) is 19.9. The molecule has 2 aromatic carbocycles. The van der Waals surface area contributed by atoms with Crippen molar-refractivity contribution < 1.29 is 14.4 Å². The summed E-state index contributed by atoms with van der Waals surface area (Å²) in [6, 6.07) is 19.2. The van der Waals surface area contributed by atoms with Crippen LogP contribution >= 0.6 is 0 Å². The Labute approximate surface area is 206 Å². The predicted molar refractivity (Wildman–Crippen MR) is 134 cm³/mol. The van der Waals surface area contributed by atoms with Gasteiger partial charge in [0.25, 0.3) is 5.91 Å². The number of anilines is 1. The minimum Gasteiger partial charge on any atom is -0.368 e. The first-order chi connectivity index (χ1) is 17.1. The molecule has 8 heteroatoms. The number of nitrogens with one attached hydrogen (secondary N) is 2. The first-order valence-corrected chi connectivity index (χ1v) is 12.6. The Morgan fingerprint density at radius 3 is 2.34 bits per heavy atom. The van der Waals surface area contributed by atoms with E-state index in [1.807, 2.05) is 41.3 Å². The van der Waals surface area contributed by atoms with Crippen molar-refractivity contribution in [3.63, 3.8) is 0 Å². The van der Waals surface area contributed by atoms with Crippen LogP contribution in [0, 0.1) is 0 Å². The standard InChI is InChI=1S/C27H33N5O3/c33-25(31-15-13-30(14-16-31)22-9-5-2-6-10-22)12-11-23-18-28-27(35)24-17-21(19-32(23)24)29-26(34)20-7-3-1-4-8-20/h1-10,21,23-24H,11-19H2,(H,28,35)(H,29,34)/t21-,23-,24+/m1/s1. The molecule has 0 radical (unpaired) electrons. The lowest BCUT2D eigenvalue weighted by Crippen LogP contribution is -2.58. The van der Waals surface area contributed by atoms with Gasteiger partial charge in [-0.3, -0.25) is 19.3 Å². The molecule has 0 bridgehead atoms. The Morgan fingerprint density at radius 2 is 1.63 bits per heavy atom. The Morgan fingerprint density at radius 1 is 0.943 bits per heavy atom. The molecule has 3 fully saturated rings. The molecule has 2 aromatic rings. The van der Waals surface area contributed by atoms with E-state index in [4.69, 9.17) is 0 Å². The summed E-state index contributed by atoms with van der Waals surface area (Å²) in [6.07, 6.45) is 1.76. The quantitative estimate of drug-likeness (QED) is 0.661. The number of hydrogen-bond donors (Lipinski definition) is 2. The number of nitrogens with zero attached hydrogens (tertiary/aromatic N) is 3. The average Bonchev–Trinajstić information content (AvgIpc) is 3.34. The molecule has 3 heterocycles. The summed E-state index contributed by atoms with van der Waals surface area (Å²) in [5, 5.41) is 6.10. The molecule has 3 saturated heterocycles. The highest BCUT2D eigenvalue weighted by Crippen LogP contribution is 2.26. The Hall–Kier alpha value is -3.39. The van der Waals surface area contributed by atoms with Gasteiger partial charge in [-0.2, -0.15) is 0 Å². The maximum Gasteiger partial charge on any atom is 0.251 e. The molecule has 3 aliphatic heterocycles. The molecular formula is C27H33N5O3. The van der Waals surface area contributed by atoms with Gasteiger partial charge in [-0.1, -0.05) is 36.4 Å². The van der Waals surface area contributed by atoms with Gasteiger partial charge in [0.2, 0.25) is 11.8 Å². The van der Waals surface area contributed by atoms with E-state index in [-0.39, 0.29) is 35.8 Å². The van der Waals surface area contributed by atoms with Crippen LogP contribution in [0.3, 0.4) is 0 Å². The molecule has 3 atom stereocenters. The molecular weight excluding hydrogens is 442 g/mol. The number of amides is 3. The predicted octanol–water partition coefficient (Wildman–Crippen LogP) is 1.49. The van der Waals surface area contributed by atoms with Crippen LogP contribution in [0.4, 0.5) is 5.69 Å². The maximum atomic E-state index is 13.0. The highest BCUT2D eigenvalue weighted by molar-refractivity contribution is 5.94. The van der Waals surface area contributed by atoms with Crippen LogP contribution in [0.1, 0.15) is 29.6 Å². The van der Waals surface area contributed by atoms with Crippen molar-refractivity contribution in [3.8, 4) is 0 Å². The van der Waals surface area contributed by atoms with Crippen LogP contribution < -0.4 is 15.5 Å². The van der Waals surface area contributed by atoms with Crippen molar-refractivity contribution in [1.29, 1.82) is 0 Å². The minimum atomic E-state index is -0.251. The topological polar surface area (TPSA) is 85.0 Å². The van der Waals surface area contributed by atoms with Gasteiger partial charge in [0.15, 0.2) is 0 Å². The van der Waals surface area contributed by atoms with E-state index in [1.165, 1.54) is 5.69 Å². The van der Waals surface area contributed by atoms with Gasteiger partial charge >= 0.3 is 0 Å². The second kappa shape index (κ2) is 10.5. The number of para-hydroxylation sites is 1. The van der Waals surface area contributed by atoms with Crippen LogP contribution in [-0.2, 0) is 9.59 Å². The maximum absolute atomic E-state index is 13.0. The number of carbonyl (C=O) groups excluding carboxylic acids is 3. The van der Waals surface area contributed by atoms with Crippen molar-refractivity contribution in [3.05, 3.63) is 66.2 Å². The smallest absolute Gasteiger partial charge is 0.251 e. The highest BCUT2D eigenvalue weighted by Gasteiger charge is 2.44. The molecule has 35 heavy (non-hydrogen) atoms. The van der Waals surface area contributed by atoms with E-state index < -0.39 is 0 Å². The fraction of sp³-hybridized carbons (Fsp3) is 0.444. The largest absolute Gasteiger partial charge is 0.368 e. The highest BCUT2D eigenvalue weighted by atomic mass is 16.2. The minimum absolute atomic E-state index is 0.0149. The Kier molecular flexibility index (Phi) is 6.99. The molecule has 3 aliphatic rings. The van der Waals surface area contributed by atoms with Gasteiger partial charge in [0, 0.05) is 69.0 Å². The fourth-order valence-electron chi connectivity index (χ4n) is 5.51. The Balaban J connectivity index is 1.12. The second-order valence-electron chi connectivity index (χ2n) is 9.63. The third-order valence-electron chi connectivity index (χ3n) is 7.44. The SMILES string of the molecule is O=C(N[C@@H]1C[C@H]2C(=O)NC[C@@H](CCC(=O)N3CCN(c4ccccc4)CC3)N2C1)c1ccccc1. The summed E-state index contributed by atoms with van der Waals surface area (Å²) in [5.74, 6) is 0.0811. The van der Waals surface area contributed by atoms with Crippen molar-refractivity contribution in [1.82, 2.24) is 20.4 Å². The molecule has 2 N–H and O–H groups in total. The summed E-state index contributed by atoms with van der Waals surface area (Å²) in [5.41, 5.74) is 1.82. The van der Waals surface area contributed by atoms with Crippen LogP contribution in [0.25, 0.3) is 0 Å². The number of rotatable bonds is 6. The van der Waals surface area contributed by atoms with E-state index >= 15 is 0 Å². The van der Waals surface area contributed by atoms with Crippen molar-refractivity contribution in [2.45, 2.75) is 37.4 Å². The Bertz CT molecular complexity index is 1040. The van der Waals surface area contributed by atoms with E-state index in [2.05, 4.69) is 32.6 Å². The normalized spacial score (nSPS) is 24.6. The molecule has 0 aliphatic carbocycles. The number of carbonyl (C=O) groups is 3. The number of hydrogen-bond acceptors (Lipinski definition) is 5. The average molecular weight is 476 g/mol. The van der Waals surface area contributed by atoms with E-state index in [0.717, 1.165) is 26.2 Å². The fourth-order valence-corrected chi connectivity index (χ4v) is 5.51. The zero-order valence-corrected chi connectivity index (χ0v) is 19.9. The monoisotopic (exact) mass is 475 g/mol. The van der Waals surface area contributed by atoms with Crippen LogP contribution in [0.15, 0.2) is 60.7 Å². The van der Waals surface area contributed by atoms with Crippen LogP contribution in [-0.4, -0.2) is 84.9 Å². The van der Waals surface area contributed by atoms with Crippen LogP contribution in [0.5, 0.6) is 0 Å². The number of piperazine rings is 2. The third kappa shape index (κ3) is 5.32. The van der Waals surface area contributed by atoms with Crippen molar-refractivity contribution in [2.75, 3.05) is 44.2 Å². The molecule has 3 amide bonds. The summed E-state index contributed by atoms with van der Waals surface area (Å²) in [4.78, 5) is 44.5. The lowest BCUT2D eigenvalue weighted by atomic mass is 10.0. The number of fused-ring (bicyclic) bond motifs is 1. The third-order valence-corrected chi connectivity index (χ3v) is 7.44. The molecule has 0 spiro atoms. The van der Waals surface area contributed by atoms with E-state index in [9.17, 15) is 14.4 Å². The molecule has 5 rings (SSSR count). The van der Waals surface area contributed by atoms with Gasteiger partial charge in [-0.05, 0) is 37.1 Å². The molecule has 0 saturated carbocycles. The van der Waals surface area contributed by atoms with Gasteiger partial charge in [0.1, 0.15) is 0 Å². The molecule has 0 aromatic heterocycles. The molecule has 0 unspecified atom stereocenters. The van der Waals surface area contributed by atoms with Gasteiger partial charge in [-0.25, -0.2) is 0 Å².